The number of rotatable bonds is 6. The van der Waals surface area contributed by atoms with Crippen molar-refractivity contribution < 1.29 is 4.74 Å². The van der Waals surface area contributed by atoms with Crippen molar-refractivity contribution in [3.05, 3.63) is 35.2 Å². The molecule has 1 saturated carbocycles. The van der Waals surface area contributed by atoms with E-state index >= 15 is 0 Å². The van der Waals surface area contributed by atoms with Gasteiger partial charge in [0.2, 0.25) is 0 Å². The van der Waals surface area contributed by atoms with Gasteiger partial charge in [0.25, 0.3) is 0 Å². The molecule has 0 radical (unpaired) electrons. The van der Waals surface area contributed by atoms with Crippen LogP contribution in [0.2, 0.25) is 0 Å². The molecule has 0 unspecified atom stereocenters. The lowest BCUT2D eigenvalue weighted by Crippen LogP contribution is -2.20. The van der Waals surface area contributed by atoms with Gasteiger partial charge in [0.15, 0.2) is 0 Å². The van der Waals surface area contributed by atoms with Crippen LogP contribution in [0.4, 0.5) is 0 Å². The molecule has 2 aromatic heterocycles. The van der Waals surface area contributed by atoms with Crippen molar-refractivity contribution in [2.75, 3.05) is 7.11 Å². The molecule has 1 aliphatic rings. The molecule has 1 aliphatic carbocycles. The van der Waals surface area contributed by atoms with Gasteiger partial charge >= 0.3 is 0 Å². The van der Waals surface area contributed by atoms with E-state index in [1.54, 1.807) is 13.4 Å². The topological polar surface area (TPSA) is 64.9 Å². The van der Waals surface area contributed by atoms with E-state index < -0.39 is 0 Å². The molecule has 3 rings (SSSR count). The number of nitrogens with one attached hydrogen (secondary N) is 1. The molecule has 112 valence electrons. The van der Waals surface area contributed by atoms with Gasteiger partial charge in [0, 0.05) is 23.4 Å². The second-order valence-electron chi connectivity index (χ2n) is 5.54. The summed E-state index contributed by atoms with van der Waals surface area (Å²) < 4.78 is 7.36. The molecule has 6 heteroatoms. The second-order valence-corrected chi connectivity index (χ2v) is 5.54. The molecule has 2 aromatic rings. The summed E-state index contributed by atoms with van der Waals surface area (Å²) in [7, 11) is 1.69. The van der Waals surface area contributed by atoms with Gasteiger partial charge in [-0.3, -0.25) is 4.98 Å². The van der Waals surface area contributed by atoms with Crippen LogP contribution in [0.3, 0.4) is 0 Å². The van der Waals surface area contributed by atoms with Crippen molar-refractivity contribution in [2.45, 2.75) is 45.8 Å². The highest BCUT2D eigenvalue weighted by Crippen LogP contribution is 2.24. The zero-order chi connectivity index (χ0) is 14.8. The average Bonchev–Trinajstić information content (AvgIpc) is 3.20. The van der Waals surface area contributed by atoms with E-state index in [2.05, 4.69) is 20.4 Å². The number of nitrogens with zero attached hydrogens (tertiary/aromatic N) is 4. The van der Waals surface area contributed by atoms with Crippen LogP contribution in [-0.4, -0.2) is 32.9 Å². The quantitative estimate of drug-likeness (QED) is 0.874. The van der Waals surface area contributed by atoms with Crippen LogP contribution in [0.25, 0.3) is 0 Å². The maximum atomic E-state index is 5.46. The van der Waals surface area contributed by atoms with Crippen LogP contribution in [-0.2, 0) is 13.1 Å². The van der Waals surface area contributed by atoms with Gasteiger partial charge in [0.1, 0.15) is 17.9 Å². The fraction of sp³-hybridized carbons (Fsp3) is 0.533. The fourth-order valence-electron chi connectivity index (χ4n) is 2.45. The third-order valence-corrected chi connectivity index (χ3v) is 3.87. The van der Waals surface area contributed by atoms with Crippen LogP contribution in [0.5, 0.6) is 5.75 Å². The monoisotopic (exact) mass is 287 g/mol. The molecule has 0 saturated heterocycles. The largest absolute Gasteiger partial charge is 0.496 e. The van der Waals surface area contributed by atoms with Crippen molar-refractivity contribution in [2.24, 2.45) is 0 Å². The Balaban J connectivity index is 1.78. The molecule has 1 N–H and O–H groups in total. The lowest BCUT2D eigenvalue weighted by atomic mass is 10.1. The van der Waals surface area contributed by atoms with Gasteiger partial charge in [-0.25, -0.2) is 9.67 Å². The highest BCUT2D eigenvalue weighted by molar-refractivity contribution is 5.41. The molecular weight excluding hydrogens is 266 g/mol. The summed E-state index contributed by atoms with van der Waals surface area (Å²) in [5.74, 6) is 1.85. The molecule has 0 aromatic carbocycles. The molecule has 6 nitrogen and oxygen atoms in total. The molecule has 0 atom stereocenters. The predicted molar refractivity (Wildman–Crippen MR) is 79.2 cm³/mol. The van der Waals surface area contributed by atoms with Crippen molar-refractivity contribution in [1.82, 2.24) is 25.1 Å². The number of aromatic nitrogens is 4. The zero-order valence-corrected chi connectivity index (χ0v) is 12.8. The highest BCUT2D eigenvalue weighted by Gasteiger charge is 2.21. The predicted octanol–water partition coefficient (Wildman–Crippen LogP) is 1.60. The van der Waals surface area contributed by atoms with E-state index in [1.165, 1.54) is 12.8 Å². The molecule has 0 aliphatic heterocycles. The van der Waals surface area contributed by atoms with E-state index in [-0.39, 0.29) is 0 Å². The number of ether oxygens (including phenoxy) is 1. The van der Waals surface area contributed by atoms with Crippen molar-refractivity contribution in [3.63, 3.8) is 0 Å². The lowest BCUT2D eigenvalue weighted by molar-refractivity contribution is 0.406. The number of aryl methyl sites for hydroxylation is 1. The van der Waals surface area contributed by atoms with Gasteiger partial charge in [-0.15, -0.1) is 0 Å². The summed E-state index contributed by atoms with van der Waals surface area (Å²) in [5, 5.41) is 7.78. The Morgan fingerprint density at radius 1 is 1.33 bits per heavy atom. The number of pyridine rings is 1. The Kier molecular flexibility index (Phi) is 3.88. The van der Waals surface area contributed by atoms with Gasteiger partial charge < -0.3 is 10.1 Å². The number of hydrogen-bond donors (Lipinski definition) is 1. The first-order valence-electron chi connectivity index (χ1n) is 7.28. The molecule has 0 bridgehead atoms. The van der Waals surface area contributed by atoms with E-state index in [0.717, 1.165) is 34.9 Å². The lowest BCUT2D eigenvalue weighted by Gasteiger charge is -2.13. The van der Waals surface area contributed by atoms with Crippen molar-refractivity contribution >= 4 is 0 Å². The Labute approximate surface area is 124 Å². The smallest absolute Gasteiger partial charge is 0.141 e. The molecule has 0 spiro atoms. The molecule has 2 heterocycles. The maximum absolute atomic E-state index is 5.46. The first kappa shape index (κ1) is 14.0. The standard InChI is InChI=1S/C15H21N5O/c1-10-6-17-13(11(2)15(10)21-3)8-20-14(18-9-19-20)7-16-12-4-5-12/h6,9,12,16H,4-5,7-8H2,1-3H3. The van der Waals surface area contributed by atoms with Crippen LogP contribution in [0.1, 0.15) is 35.5 Å². The minimum absolute atomic E-state index is 0.615. The minimum atomic E-state index is 0.615. The van der Waals surface area contributed by atoms with Crippen LogP contribution >= 0.6 is 0 Å². The summed E-state index contributed by atoms with van der Waals surface area (Å²) in [5.41, 5.74) is 3.08. The summed E-state index contributed by atoms with van der Waals surface area (Å²) in [6, 6.07) is 0.662. The molecule has 0 amide bonds. The zero-order valence-electron chi connectivity index (χ0n) is 12.8. The Morgan fingerprint density at radius 2 is 2.14 bits per heavy atom. The summed E-state index contributed by atoms with van der Waals surface area (Å²) in [4.78, 5) is 8.85. The van der Waals surface area contributed by atoms with Crippen LogP contribution in [0, 0.1) is 13.8 Å². The van der Waals surface area contributed by atoms with E-state index in [4.69, 9.17) is 4.74 Å². The summed E-state index contributed by atoms with van der Waals surface area (Å²) >= 11 is 0. The van der Waals surface area contributed by atoms with Crippen LogP contribution < -0.4 is 10.1 Å². The number of methoxy groups -OCH3 is 1. The van der Waals surface area contributed by atoms with Gasteiger partial charge in [-0.1, -0.05) is 0 Å². The van der Waals surface area contributed by atoms with E-state index in [1.807, 2.05) is 24.7 Å². The minimum Gasteiger partial charge on any atom is -0.496 e. The summed E-state index contributed by atoms with van der Waals surface area (Å²) in [6.07, 6.45) is 5.98. The third kappa shape index (κ3) is 3.05. The van der Waals surface area contributed by atoms with Crippen molar-refractivity contribution in [3.8, 4) is 5.75 Å². The van der Waals surface area contributed by atoms with Crippen molar-refractivity contribution in [1.29, 1.82) is 0 Å². The average molecular weight is 287 g/mol. The molecule has 21 heavy (non-hydrogen) atoms. The number of hydrogen-bond acceptors (Lipinski definition) is 5. The van der Waals surface area contributed by atoms with E-state index in [0.29, 0.717) is 12.6 Å². The van der Waals surface area contributed by atoms with Crippen LogP contribution in [0.15, 0.2) is 12.5 Å². The van der Waals surface area contributed by atoms with Gasteiger partial charge in [-0.2, -0.15) is 5.10 Å². The summed E-state index contributed by atoms with van der Waals surface area (Å²) in [6.45, 7) is 5.41. The van der Waals surface area contributed by atoms with Gasteiger partial charge in [-0.05, 0) is 26.7 Å². The normalized spacial score (nSPS) is 14.4. The fourth-order valence-corrected chi connectivity index (χ4v) is 2.45. The highest BCUT2D eigenvalue weighted by atomic mass is 16.5. The Bertz CT molecular complexity index is 633. The van der Waals surface area contributed by atoms with E-state index in [9.17, 15) is 0 Å². The molecular formula is C15H21N5O. The SMILES string of the molecule is COc1c(C)cnc(Cn2ncnc2CNC2CC2)c1C. The third-order valence-electron chi connectivity index (χ3n) is 3.87. The maximum Gasteiger partial charge on any atom is 0.141 e. The van der Waals surface area contributed by atoms with Gasteiger partial charge in [0.05, 0.1) is 25.9 Å². The Hall–Kier alpha value is -1.95. The first-order valence-corrected chi connectivity index (χ1v) is 7.28. The Morgan fingerprint density at radius 3 is 2.86 bits per heavy atom. The first-order chi connectivity index (χ1) is 10.2. The second kappa shape index (κ2) is 5.81. The molecule has 1 fully saturated rings.